The first-order valence-corrected chi connectivity index (χ1v) is 8.76. The predicted molar refractivity (Wildman–Crippen MR) is 71.2 cm³/mol. The molecule has 0 aromatic carbocycles. The summed E-state index contributed by atoms with van der Waals surface area (Å²) < 4.78 is 24.3. The van der Waals surface area contributed by atoms with Crippen LogP contribution in [-0.2, 0) is 14.8 Å². The number of sulfonamides is 1. The maximum Gasteiger partial charge on any atom is 0.217 e. The number of hydrogen-bond donors (Lipinski definition) is 1. The molecule has 0 aromatic rings. The number of hydrogen-bond acceptors (Lipinski definition) is 4. The van der Waals surface area contributed by atoms with Gasteiger partial charge >= 0.3 is 0 Å². The van der Waals surface area contributed by atoms with Crippen molar-refractivity contribution in [2.24, 2.45) is 11.3 Å². The summed E-state index contributed by atoms with van der Waals surface area (Å²) in [6.07, 6.45) is 4.75. The molecule has 0 aliphatic heterocycles. The number of nitrogens with one attached hydrogen (secondary N) is 1. The van der Waals surface area contributed by atoms with Gasteiger partial charge in [-0.05, 0) is 18.8 Å². The fourth-order valence-corrected chi connectivity index (χ4v) is 3.79. The Hall–Kier alpha value is -0.0700. The number of Topliss-reactive ketones (excluding diaryl/α,β-unsaturated/α-hetero) is 1. The van der Waals surface area contributed by atoms with Gasteiger partial charge in [-0.2, -0.15) is 4.13 Å². The van der Waals surface area contributed by atoms with E-state index in [1.54, 1.807) is 0 Å². The van der Waals surface area contributed by atoms with Crippen molar-refractivity contribution in [3.63, 3.8) is 0 Å². The summed E-state index contributed by atoms with van der Waals surface area (Å²) >= 11 is 1.12. The van der Waals surface area contributed by atoms with Crippen molar-refractivity contribution in [1.82, 2.24) is 4.13 Å². The molecule has 0 saturated heterocycles. The highest BCUT2D eigenvalue weighted by atomic mass is 32.3. The zero-order valence-corrected chi connectivity index (χ0v) is 12.3. The minimum Gasteiger partial charge on any atom is -0.299 e. The topological polar surface area (TPSA) is 63.2 Å². The molecule has 1 aliphatic rings. The molecular weight excluding hydrogens is 258 g/mol. The summed E-state index contributed by atoms with van der Waals surface area (Å²) in [5.41, 5.74) is -0.367. The van der Waals surface area contributed by atoms with Crippen LogP contribution in [0.1, 0.15) is 39.5 Å². The molecule has 6 heteroatoms. The molecule has 0 spiro atoms. The highest BCUT2D eigenvalue weighted by Gasteiger charge is 2.38. The summed E-state index contributed by atoms with van der Waals surface area (Å²) in [7, 11) is -3.18. The lowest BCUT2D eigenvalue weighted by molar-refractivity contribution is -0.130. The first-order chi connectivity index (χ1) is 7.77. The van der Waals surface area contributed by atoms with Crippen LogP contribution in [0.5, 0.6) is 0 Å². The standard InChI is InChI=1S/C11H21NO3S2/c1-4-9-5-6-11(2,10(13)7-9)8-16-12-17(3,14)15/h9,12H,4-8H2,1-3H3. The molecular formula is C11H21NO3S2. The van der Waals surface area contributed by atoms with Crippen LogP contribution in [0.4, 0.5) is 0 Å². The lowest BCUT2D eigenvalue weighted by Gasteiger charge is -2.35. The van der Waals surface area contributed by atoms with Gasteiger partial charge in [0.05, 0.1) is 6.26 Å². The second-order valence-electron chi connectivity index (χ2n) is 5.15. The molecule has 0 heterocycles. The van der Waals surface area contributed by atoms with Crippen molar-refractivity contribution >= 4 is 27.8 Å². The van der Waals surface area contributed by atoms with Crippen molar-refractivity contribution in [3.8, 4) is 0 Å². The third-order valence-electron chi connectivity index (χ3n) is 3.43. The molecule has 2 atom stereocenters. The van der Waals surface area contributed by atoms with Gasteiger partial charge in [-0.15, -0.1) is 0 Å². The van der Waals surface area contributed by atoms with E-state index in [2.05, 4.69) is 11.1 Å². The van der Waals surface area contributed by atoms with E-state index in [-0.39, 0.29) is 11.2 Å². The van der Waals surface area contributed by atoms with E-state index < -0.39 is 10.0 Å². The van der Waals surface area contributed by atoms with E-state index in [0.717, 1.165) is 37.5 Å². The molecule has 0 radical (unpaired) electrons. The Bertz CT molecular complexity index is 380. The third kappa shape index (κ3) is 4.60. The molecule has 2 unspecified atom stereocenters. The summed E-state index contributed by atoms with van der Waals surface area (Å²) in [6, 6.07) is 0. The van der Waals surface area contributed by atoms with E-state index in [1.807, 2.05) is 6.92 Å². The van der Waals surface area contributed by atoms with Crippen LogP contribution in [0, 0.1) is 11.3 Å². The number of carbonyl (C=O) groups is 1. The minimum absolute atomic E-state index is 0.276. The van der Waals surface area contributed by atoms with Gasteiger partial charge in [-0.25, -0.2) is 8.42 Å². The number of ketones is 1. The van der Waals surface area contributed by atoms with Crippen LogP contribution in [0.15, 0.2) is 0 Å². The first-order valence-electron chi connectivity index (χ1n) is 5.89. The first kappa shape index (κ1) is 15.0. The summed E-state index contributed by atoms with van der Waals surface area (Å²) in [4.78, 5) is 12.1. The third-order valence-corrected chi connectivity index (χ3v) is 5.89. The van der Waals surface area contributed by atoms with Gasteiger partial charge in [0.25, 0.3) is 0 Å². The Balaban J connectivity index is 2.49. The molecule has 100 valence electrons. The SMILES string of the molecule is CCC1CCC(C)(CSNS(C)(=O)=O)C(=O)C1. The highest BCUT2D eigenvalue weighted by molar-refractivity contribution is 8.08. The zero-order chi connectivity index (χ0) is 13.1. The minimum atomic E-state index is -3.18. The second-order valence-corrected chi connectivity index (χ2v) is 7.93. The van der Waals surface area contributed by atoms with Gasteiger partial charge in [0, 0.05) is 17.6 Å². The van der Waals surface area contributed by atoms with Crippen LogP contribution in [-0.4, -0.2) is 26.2 Å². The van der Waals surface area contributed by atoms with Crippen LogP contribution in [0.25, 0.3) is 0 Å². The molecule has 0 aromatic heterocycles. The van der Waals surface area contributed by atoms with E-state index in [1.165, 1.54) is 0 Å². The molecule has 1 fully saturated rings. The molecule has 4 nitrogen and oxygen atoms in total. The second kappa shape index (κ2) is 5.71. The number of rotatable bonds is 5. The largest absolute Gasteiger partial charge is 0.299 e. The van der Waals surface area contributed by atoms with Gasteiger partial charge < -0.3 is 0 Å². The van der Waals surface area contributed by atoms with Crippen LogP contribution in [0.3, 0.4) is 0 Å². The quantitative estimate of drug-likeness (QED) is 0.782. The smallest absolute Gasteiger partial charge is 0.217 e. The fraction of sp³-hybridized carbons (Fsp3) is 0.909. The van der Waals surface area contributed by atoms with E-state index in [9.17, 15) is 13.2 Å². The van der Waals surface area contributed by atoms with Crippen molar-refractivity contribution < 1.29 is 13.2 Å². The molecule has 1 rings (SSSR count). The maximum atomic E-state index is 12.1. The fourth-order valence-electron chi connectivity index (χ4n) is 2.07. The van der Waals surface area contributed by atoms with Crippen molar-refractivity contribution in [1.29, 1.82) is 0 Å². The highest BCUT2D eigenvalue weighted by Crippen LogP contribution is 2.38. The van der Waals surface area contributed by atoms with Gasteiger partial charge in [0.15, 0.2) is 0 Å². The lowest BCUT2D eigenvalue weighted by atomic mass is 9.71. The Labute approximate surface area is 108 Å². The summed E-state index contributed by atoms with van der Waals surface area (Å²) in [5.74, 6) is 1.32. The molecule has 1 N–H and O–H groups in total. The van der Waals surface area contributed by atoms with Gasteiger partial charge in [-0.1, -0.05) is 32.2 Å². The zero-order valence-electron chi connectivity index (χ0n) is 10.7. The maximum absolute atomic E-state index is 12.1. The van der Waals surface area contributed by atoms with Crippen molar-refractivity contribution in [2.45, 2.75) is 39.5 Å². The van der Waals surface area contributed by atoms with Gasteiger partial charge in [-0.3, -0.25) is 4.79 Å². The van der Waals surface area contributed by atoms with Crippen LogP contribution < -0.4 is 4.13 Å². The van der Waals surface area contributed by atoms with Crippen molar-refractivity contribution in [2.75, 3.05) is 12.0 Å². The Kier molecular flexibility index (Phi) is 5.04. The predicted octanol–water partition coefficient (Wildman–Crippen LogP) is 1.97. The Morgan fingerprint density at radius 3 is 2.65 bits per heavy atom. The molecule has 1 saturated carbocycles. The Morgan fingerprint density at radius 2 is 2.18 bits per heavy atom. The van der Waals surface area contributed by atoms with Crippen LogP contribution >= 0.6 is 11.9 Å². The van der Waals surface area contributed by atoms with Gasteiger partial charge in [0.1, 0.15) is 5.78 Å². The lowest BCUT2D eigenvalue weighted by Crippen LogP contribution is -2.37. The molecule has 1 aliphatic carbocycles. The number of carbonyl (C=O) groups excluding carboxylic acids is 1. The normalized spacial score (nSPS) is 30.5. The summed E-state index contributed by atoms with van der Waals surface area (Å²) in [6.45, 7) is 4.05. The molecule has 17 heavy (non-hydrogen) atoms. The monoisotopic (exact) mass is 279 g/mol. The van der Waals surface area contributed by atoms with Gasteiger partial charge in [0.2, 0.25) is 10.0 Å². The van der Waals surface area contributed by atoms with Crippen molar-refractivity contribution in [3.05, 3.63) is 0 Å². The molecule has 0 bridgehead atoms. The average Bonchev–Trinajstić information content (AvgIpc) is 2.20. The summed E-state index contributed by atoms with van der Waals surface area (Å²) in [5, 5.41) is 0. The van der Waals surface area contributed by atoms with E-state index in [4.69, 9.17) is 0 Å². The Morgan fingerprint density at radius 1 is 1.53 bits per heavy atom. The van der Waals surface area contributed by atoms with E-state index in [0.29, 0.717) is 18.1 Å². The van der Waals surface area contributed by atoms with Crippen LogP contribution in [0.2, 0.25) is 0 Å². The average molecular weight is 279 g/mol. The molecule has 0 amide bonds. The van der Waals surface area contributed by atoms with E-state index >= 15 is 0 Å².